The van der Waals surface area contributed by atoms with Crippen molar-refractivity contribution in [3.05, 3.63) is 0 Å². The van der Waals surface area contributed by atoms with Crippen LogP contribution in [-0.2, 0) is 9.84 Å². The molecule has 0 radical (unpaired) electrons. The first-order valence-corrected chi connectivity index (χ1v) is 7.63. The number of thiocyanates is 1. The van der Waals surface area contributed by atoms with Crippen molar-refractivity contribution in [3.8, 4) is 5.40 Å². The number of hydrogen-bond acceptors (Lipinski definition) is 5. The number of rotatable bonds is 4. The molecule has 2 atom stereocenters. The smallest absolute Gasteiger partial charge is 0.153 e. The molecule has 4 nitrogen and oxygen atoms in total. The van der Waals surface area contributed by atoms with Crippen molar-refractivity contribution >= 4 is 21.6 Å². The summed E-state index contributed by atoms with van der Waals surface area (Å²) in [4.78, 5) is 0. The minimum atomic E-state index is -2.95. The van der Waals surface area contributed by atoms with Gasteiger partial charge in [0.2, 0.25) is 0 Å². The van der Waals surface area contributed by atoms with Crippen LogP contribution in [0.4, 0.5) is 0 Å². The van der Waals surface area contributed by atoms with Crippen LogP contribution < -0.4 is 5.32 Å². The Morgan fingerprint density at radius 1 is 1.53 bits per heavy atom. The zero-order valence-electron chi connectivity index (χ0n) is 8.93. The van der Waals surface area contributed by atoms with Crippen molar-refractivity contribution in [3.63, 3.8) is 0 Å². The number of nitrogens with zero attached hydrogens (tertiary/aromatic N) is 1. The Morgan fingerprint density at radius 3 is 2.73 bits per heavy atom. The Labute approximate surface area is 95.3 Å². The minimum absolute atomic E-state index is 0.0675. The van der Waals surface area contributed by atoms with E-state index in [9.17, 15) is 8.42 Å². The summed E-state index contributed by atoms with van der Waals surface area (Å²) in [5.41, 5.74) is 0. The summed E-state index contributed by atoms with van der Waals surface area (Å²) in [5, 5.41) is 13.7. The van der Waals surface area contributed by atoms with Crippen molar-refractivity contribution < 1.29 is 8.42 Å². The fourth-order valence-corrected chi connectivity index (χ4v) is 4.85. The van der Waals surface area contributed by atoms with E-state index >= 15 is 0 Å². The summed E-state index contributed by atoms with van der Waals surface area (Å²) in [6.07, 6.45) is 0. The fourth-order valence-electron chi connectivity index (χ4n) is 1.58. The van der Waals surface area contributed by atoms with Gasteiger partial charge in [-0.3, -0.25) is 0 Å². The van der Waals surface area contributed by atoms with E-state index in [1.807, 2.05) is 5.40 Å². The average Bonchev–Trinajstić information content (AvgIpc) is 2.38. The van der Waals surface area contributed by atoms with Gasteiger partial charge in [0.05, 0.1) is 11.5 Å². The highest BCUT2D eigenvalue weighted by Crippen LogP contribution is 2.24. The second kappa shape index (κ2) is 5.19. The standard InChI is InChI=1S/C9H16N2O2S2/c1-7(2)3-11-8-4-15(12,13)5-9(8)14-6-10/h7-9,11H,3-5H2,1-2H3/t8-,9+/m1/s1. The lowest BCUT2D eigenvalue weighted by atomic mass is 10.2. The molecule has 1 heterocycles. The van der Waals surface area contributed by atoms with Crippen LogP contribution in [0.15, 0.2) is 0 Å². The van der Waals surface area contributed by atoms with Crippen molar-refractivity contribution in [1.82, 2.24) is 5.32 Å². The Hall–Kier alpha value is -0.250. The van der Waals surface area contributed by atoms with Crippen LogP contribution in [0.2, 0.25) is 0 Å². The summed E-state index contributed by atoms with van der Waals surface area (Å²) >= 11 is 1.06. The molecule has 1 N–H and O–H groups in total. The highest BCUT2D eigenvalue weighted by molar-refractivity contribution is 8.05. The van der Waals surface area contributed by atoms with Gasteiger partial charge in [-0.25, -0.2) is 8.42 Å². The highest BCUT2D eigenvalue weighted by Gasteiger charge is 2.37. The number of hydrogen-bond donors (Lipinski definition) is 1. The van der Waals surface area contributed by atoms with Crippen LogP contribution in [-0.4, -0.2) is 37.8 Å². The van der Waals surface area contributed by atoms with E-state index in [-0.39, 0.29) is 22.8 Å². The third-order valence-electron chi connectivity index (χ3n) is 2.29. The van der Waals surface area contributed by atoms with Crippen molar-refractivity contribution in [2.75, 3.05) is 18.1 Å². The van der Waals surface area contributed by atoms with Gasteiger partial charge >= 0.3 is 0 Å². The molecule has 6 heteroatoms. The molecule has 0 unspecified atom stereocenters. The van der Waals surface area contributed by atoms with Gasteiger partial charge in [0.1, 0.15) is 5.40 Å². The molecular formula is C9H16N2O2S2. The molecule has 1 aliphatic rings. The Kier molecular flexibility index (Phi) is 4.44. The number of nitrogens with one attached hydrogen (secondary N) is 1. The quantitative estimate of drug-likeness (QED) is 0.738. The summed E-state index contributed by atoms with van der Waals surface area (Å²) < 4.78 is 22.8. The highest BCUT2D eigenvalue weighted by atomic mass is 32.2. The molecule has 15 heavy (non-hydrogen) atoms. The van der Waals surface area contributed by atoms with E-state index in [0.29, 0.717) is 5.92 Å². The molecule has 0 bridgehead atoms. The molecule has 0 aromatic heterocycles. The average molecular weight is 248 g/mol. The third kappa shape index (κ3) is 4.01. The number of sulfone groups is 1. The maximum atomic E-state index is 11.4. The lowest BCUT2D eigenvalue weighted by molar-refractivity contribution is 0.493. The Morgan fingerprint density at radius 2 is 2.20 bits per heavy atom. The largest absolute Gasteiger partial charge is 0.312 e. The van der Waals surface area contributed by atoms with Crippen molar-refractivity contribution in [2.24, 2.45) is 5.92 Å². The molecule has 1 aliphatic heterocycles. The van der Waals surface area contributed by atoms with Gasteiger partial charge in [0.15, 0.2) is 9.84 Å². The lowest BCUT2D eigenvalue weighted by Crippen LogP contribution is -2.39. The minimum Gasteiger partial charge on any atom is -0.312 e. The number of nitriles is 1. The van der Waals surface area contributed by atoms with E-state index in [1.54, 1.807) is 0 Å². The second-order valence-corrected chi connectivity index (χ2v) is 7.41. The molecule has 1 rings (SSSR count). The van der Waals surface area contributed by atoms with Gasteiger partial charge < -0.3 is 5.32 Å². The van der Waals surface area contributed by atoms with Crippen LogP contribution in [0.5, 0.6) is 0 Å². The molecule has 0 aliphatic carbocycles. The normalized spacial score (nSPS) is 29.2. The first-order chi connectivity index (χ1) is 6.94. The van der Waals surface area contributed by atoms with E-state index < -0.39 is 9.84 Å². The molecule has 0 spiro atoms. The summed E-state index contributed by atoms with van der Waals surface area (Å²) in [6, 6.07) is -0.0675. The molecular weight excluding hydrogens is 232 g/mol. The van der Waals surface area contributed by atoms with E-state index in [0.717, 1.165) is 18.3 Å². The van der Waals surface area contributed by atoms with Crippen molar-refractivity contribution in [2.45, 2.75) is 25.1 Å². The SMILES string of the molecule is CC(C)CN[C@@H]1CS(=O)(=O)C[C@@H]1SC#N. The number of thioether (sulfide) groups is 1. The van der Waals surface area contributed by atoms with Crippen molar-refractivity contribution in [1.29, 1.82) is 5.26 Å². The molecule has 0 saturated carbocycles. The Bertz CT molecular complexity index is 346. The maximum Gasteiger partial charge on any atom is 0.153 e. The van der Waals surface area contributed by atoms with Crippen LogP contribution in [0.25, 0.3) is 0 Å². The lowest BCUT2D eigenvalue weighted by Gasteiger charge is -2.17. The van der Waals surface area contributed by atoms with Gasteiger partial charge in [-0.1, -0.05) is 13.8 Å². The zero-order valence-corrected chi connectivity index (χ0v) is 10.6. The van der Waals surface area contributed by atoms with Crippen LogP contribution in [0.1, 0.15) is 13.8 Å². The first kappa shape index (κ1) is 12.8. The predicted octanol–water partition coefficient (Wildman–Crippen LogP) is 0.612. The van der Waals surface area contributed by atoms with Gasteiger partial charge in [-0.15, -0.1) is 0 Å². The van der Waals surface area contributed by atoms with Crippen LogP contribution >= 0.6 is 11.8 Å². The fraction of sp³-hybridized carbons (Fsp3) is 0.889. The molecule has 1 fully saturated rings. The zero-order chi connectivity index (χ0) is 11.5. The molecule has 0 aromatic carbocycles. The van der Waals surface area contributed by atoms with Gasteiger partial charge in [-0.2, -0.15) is 5.26 Å². The topological polar surface area (TPSA) is 70.0 Å². The second-order valence-electron chi connectivity index (χ2n) is 4.23. The van der Waals surface area contributed by atoms with Crippen LogP contribution in [0.3, 0.4) is 0 Å². The van der Waals surface area contributed by atoms with Gasteiger partial charge in [-0.05, 0) is 24.2 Å². The monoisotopic (exact) mass is 248 g/mol. The molecule has 86 valence electrons. The summed E-state index contributed by atoms with van der Waals surface area (Å²) in [5.74, 6) is 0.779. The Balaban J connectivity index is 2.58. The van der Waals surface area contributed by atoms with E-state index in [2.05, 4.69) is 19.2 Å². The first-order valence-electron chi connectivity index (χ1n) is 4.93. The summed E-state index contributed by atoms with van der Waals surface area (Å²) in [7, 11) is -2.95. The van der Waals surface area contributed by atoms with Gasteiger partial charge in [0, 0.05) is 11.3 Å². The molecule has 0 aromatic rings. The predicted molar refractivity (Wildman–Crippen MR) is 62.3 cm³/mol. The van der Waals surface area contributed by atoms with Gasteiger partial charge in [0.25, 0.3) is 0 Å². The van der Waals surface area contributed by atoms with E-state index in [1.165, 1.54) is 0 Å². The summed E-state index contributed by atoms with van der Waals surface area (Å²) in [6.45, 7) is 4.94. The van der Waals surface area contributed by atoms with Crippen LogP contribution in [0, 0.1) is 16.6 Å². The maximum absolute atomic E-state index is 11.4. The molecule has 1 saturated heterocycles. The molecule has 0 amide bonds. The third-order valence-corrected chi connectivity index (χ3v) is 5.14. The van der Waals surface area contributed by atoms with E-state index in [4.69, 9.17) is 5.26 Å².